The third-order valence-electron chi connectivity index (χ3n) is 5.22. The molecule has 0 spiro atoms. The number of likely N-dealkylation sites (tertiary alicyclic amines) is 1. The molecule has 2 fully saturated rings. The van der Waals surface area contributed by atoms with Gasteiger partial charge >= 0.3 is 0 Å². The van der Waals surface area contributed by atoms with Crippen molar-refractivity contribution >= 4 is 5.91 Å². The molecule has 1 amide bonds. The molecule has 7 heteroatoms. The van der Waals surface area contributed by atoms with Gasteiger partial charge in [-0.25, -0.2) is 4.39 Å². The highest BCUT2D eigenvalue weighted by molar-refractivity contribution is 5.97. The number of ether oxygens (including phenoxy) is 1. The van der Waals surface area contributed by atoms with Gasteiger partial charge in [-0.1, -0.05) is 23.7 Å². The molecule has 138 valence electrons. The van der Waals surface area contributed by atoms with E-state index in [0.717, 1.165) is 19.3 Å². The molecular formula is C19H22FN3O3. The van der Waals surface area contributed by atoms with E-state index in [1.807, 2.05) is 13.0 Å². The fourth-order valence-electron chi connectivity index (χ4n) is 3.46. The lowest BCUT2D eigenvalue weighted by atomic mass is 9.85. The first-order chi connectivity index (χ1) is 12.6. The molecule has 1 aliphatic carbocycles. The predicted octanol–water partition coefficient (Wildman–Crippen LogP) is 3.45. The maximum Gasteiger partial charge on any atom is 0.266 e. The van der Waals surface area contributed by atoms with E-state index in [-0.39, 0.29) is 30.7 Å². The maximum absolute atomic E-state index is 15.4. The molecule has 0 bridgehead atoms. The van der Waals surface area contributed by atoms with E-state index >= 15 is 4.39 Å². The van der Waals surface area contributed by atoms with Gasteiger partial charge in [-0.15, -0.1) is 0 Å². The Labute approximate surface area is 151 Å². The molecule has 1 aromatic carbocycles. The Bertz CT molecular complexity index is 805. The average molecular weight is 359 g/mol. The third kappa shape index (κ3) is 2.95. The Balaban J connectivity index is 1.50. The van der Waals surface area contributed by atoms with Gasteiger partial charge in [0.25, 0.3) is 11.8 Å². The van der Waals surface area contributed by atoms with Gasteiger partial charge in [0, 0.05) is 18.9 Å². The van der Waals surface area contributed by atoms with E-state index in [4.69, 9.17) is 9.26 Å². The van der Waals surface area contributed by atoms with Crippen LogP contribution in [-0.2, 0) is 5.67 Å². The lowest BCUT2D eigenvalue weighted by Crippen LogP contribution is -2.32. The first kappa shape index (κ1) is 17.0. The zero-order chi connectivity index (χ0) is 18.1. The summed E-state index contributed by atoms with van der Waals surface area (Å²) in [5.41, 5.74) is -1.34. The van der Waals surface area contributed by atoms with Crippen molar-refractivity contribution in [3.63, 3.8) is 0 Å². The molecule has 2 aliphatic rings. The Hall–Kier alpha value is -2.44. The fraction of sp³-hybridized carbons (Fsp3) is 0.526. The zero-order valence-electron chi connectivity index (χ0n) is 14.8. The number of alkyl halides is 1. The van der Waals surface area contributed by atoms with Crippen molar-refractivity contribution in [2.45, 2.75) is 44.2 Å². The van der Waals surface area contributed by atoms with Crippen LogP contribution in [0.4, 0.5) is 4.39 Å². The van der Waals surface area contributed by atoms with Crippen LogP contribution in [0, 0.1) is 0 Å². The van der Waals surface area contributed by atoms with Crippen LogP contribution in [0.5, 0.6) is 5.75 Å². The van der Waals surface area contributed by atoms with Gasteiger partial charge in [0.2, 0.25) is 5.67 Å². The molecule has 1 unspecified atom stereocenters. The van der Waals surface area contributed by atoms with Crippen molar-refractivity contribution in [2.24, 2.45) is 0 Å². The van der Waals surface area contributed by atoms with Crippen molar-refractivity contribution in [2.75, 3.05) is 19.7 Å². The van der Waals surface area contributed by atoms with Gasteiger partial charge in [0.1, 0.15) is 5.75 Å². The number of hydrogen-bond donors (Lipinski definition) is 0. The molecule has 6 nitrogen and oxygen atoms in total. The lowest BCUT2D eigenvalue weighted by Gasteiger charge is -2.21. The van der Waals surface area contributed by atoms with Crippen molar-refractivity contribution in [3.8, 4) is 5.75 Å². The highest BCUT2D eigenvalue weighted by atomic mass is 19.1. The molecule has 1 aromatic heterocycles. The summed E-state index contributed by atoms with van der Waals surface area (Å²) in [6.45, 7) is 2.54. The van der Waals surface area contributed by atoms with Crippen LogP contribution < -0.4 is 4.74 Å². The van der Waals surface area contributed by atoms with Crippen molar-refractivity contribution in [3.05, 3.63) is 41.5 Å². The van der Waals surface area contributed by atoms with Gasteiger partial charge in [-0.05, 0) is 31.9 Å². The minimum absolute atomic E-state index is 0.00667. The molecule has 1 aliphatic heterocycles. The predicted molar refractivity (Wildman–Crippen MR) is 91.8 cm³/mol. The topological polar surface area (TPSA) is 68.5 Å². The Morgan fingerprint density at radius 1 is 1.42 bits per heavy atom. The molecule has 0 N–H and O–H groups in total. The summed E-state index contributed by atoms with van der Waals surface area (Å²) >= 11 is 0. The first-order valence-electron chi connectivity index (χ1n) is 9.15. The number of carbonyl (C=O) groups is 1. The van der Waals surface area contributed by atoms with Crippen LogP contribution in [0.25, 0.3) is 0 Å². The van der Waals surface area contributed by atoms with Gasteiger partial charge in [0.15, 0.2) is 5.82 Å². The van der Waals surface area contributed by atoms with Crippen molar-refractivity contribution in [1.29, 1.82) is 0 Å². The fourth-order valence-corrected chi connectivity index (χ4v) is 3.46. The number of amides is 1. The molecular weight excluding hydrogens is 337 g/mol. The molecule has 2 heterocycles. The molecule has 4 rings (SSSR count). The van der Waals surface area contributed by atoms with E-state index < -0.39 is 5.67 Å². The average Bonchev–Trinajstić information content (AvgIpc) is 3.22. The highest BCUT2D eigenvalue weighted by Gasteiger charge is 2.47. The van der Waals surface area contributed by atoms with E-state index in [1.165, 1.54) is 4.90 Å². The number of aromatic nitrogens is 2. The third-order valence-corrected chi connectivity index (χ3v) is 5.22. The maximum atomic E-state index is 15.4. The normalized spacial score (nSPS) is 23.1. The van der Waals surface area contributed by atoms with Gasteiger partial charge < -0.3 is 14.2 Å². The number of rotatable bonds is 5. The van der Waals surface area contributed by atoms with E-state index in [0.29, 0.717) is 30.3 Å². The summed E-state index contributed by atoms with van der Waals surface area (Å²) in [6, 6.07) is 7.04. The molecule has 26 heavy (non-hydrogen) atoms. The van der Waals surface area contributed by atoms with Crippen LogP contribution in [0.2, 0.25) is 0 Å². The van der Waals surface area contributed by atoms with Gasteiger partial charge in [-0.2, -0.15) is 4.98 Å². The monoisotopic (exact) mass is 359 g/mol. The molecule has 1 saturated heterocycles. The summed E-state index contributed by atoms with van der Waals surface area (Å²) < 4.78 is 26.1. The Morgan fingerprint density at radius 2 is 2.23 bits per heavy atom. The van der Waals surface area contributed by atoms with Crippen LogP contribution >= 0.6 is 0 Å². The second kappa shape index (κ2) is 6.70. The number of carbonyl (C=O) groups excluding carboxylic acids is 1. The van der Waals surface area contributed by atoms with Gasteiger partial charge in [-0.3, -0.25) is 4.79 Å². The Kier molecular flexibility index (Phi) is 4.38. The first-order valence-corrected chi connectivity index (χ1v) is 9.15. The van der Waals surface area contributed by atoms with Crippen molar-refractivity contribution < 1.29 is 18.4 Å². The van der Waals surface area contributed by atoms with Crippen LogP contribution in [-0.4, -0.2) is 40.6 Å². The van der Waals surface area contributed by atoms with Crippen LogP contribution in [0.1, 0.15) is 60.6 Å². The summed E-state index contributed by atoms with van der Waals surface area (Å²) in [4.78, 5) is 18.6. The second-order valence-electron chi connectivity index (χ2n) is 6.96. The summed E-state index contributed by atoms with van der Waals surface area (Å²) in [7, 11) is 0. The lowest BCUT2D eigenvalue weighted by molar-refractivity contribution is 0.0713. The van der Waals surface area contributed by atoms with Crippen LogP contribution in [0.3, 0.4) is 0 Å². The number of hydrogen-bond acceptors (Lipinski definition) is 5. The zero-order valence-corrected chi connectivity index (χ0v) is 14.8. The quantitative estimate of drug-likeness (QED) is 0.818. The SMILES string of the molecule is CCOc1ccccc1C(=O)N1CCC(F)(c2nc(C3CCC3)no2)C1. The number of halogens is 1. The minimum atomic E-state index is -1.79. The van der Waals surface area contributed by atoms with E-state index in [9.17, 15) is 4.79 Å². The van der Waals surface area contributed by atoms with Gasteiger partial charge in [0.05, 0.1) is 18.7 Å². The summed E-state index contributed by atoms with van der Waals surface area (Å²) in [5, 5.41) is 3.94. The standard InChI is InChI=1S/C19H22FN3O3/c1-2-25-15-9-4-3-8-14(15)17(24)23-11-10-19(20,12-23)18-21-16(22-26-18)13-6-5-7-13/h3-4,8-9,13H,2,5-7,10-12H2,1H3. The second-order valence-corrected chi connectivity index (χ2v) is 6.96. The summed E-state index contributed by atoms with van der Waals surface area (Å²) in [5.74, 6) is 1.14. The molecule has 1 saturated carbocycles. The van der Waals surface area contributed by atoms with E-state index in [2.05, 4.69) is 10.1 Å². The number of nitrogens with zero attached hydrogens (tertiary/aromatic N) is 3. The number of benzene rings is 1. The molecule has 0 radical (unpaired) electrons. The number of para-hydroxylation sites is 1. The largest absolute Gasteiger partial charge is 0.493 e. The van der Waals surface area contributed by atoms with Crippen LogP contribution in [0.15, 0.2) is 28.8 Å². The molecule has 1 atom stereocenters. The smallest absolute Gasteiger partial charge is 0.266 e. The Morgan fingerprint density at radius 3 is 2.96 bits per heavy atom. The van der Waals surface area contributed by atoms with E-state index in [1.54, 1.807) is 18.2 Å². The highest BCUT2D eigenvalue weighted by Crippen LogP contribution is 2.39. The minimum Gasteiger partial charge on any atom is -0.493 e. The molecule has 2 aromatic rings. The summed E-state index contributed by atoms with van der Waals surface area (Å²) in [6.07, 6.45) is 3.35. The van der Waals surface area contributed by atoms with Crippen molar-refractivity contribution in [1.82, 2.24) is 15.0 Å².